The molecule has 0 unspecified atom stereocenters. The van der Waals surface area contributed by atoms with Crippen LogP contribution in [0.4, 0.5) is 22.7 Å². The van der Waals surface area contributed by atoms with Crippen LogP contribution in [-0.2, 0) is 27.1 Å². The smallest absolute Gasteiger partial charge is 0.457 e. The van der Waals surface area contributed by atoms with Crippen molar-refractivity contribution in [2.75, 3.05) is 0 Å². The lowest BCUT2D eigenvalue weighted by Gasteiger charge is -2.43. The molecule has 8 aromatic carbocycles. The lowest BCUT2D eigenvalue weighted by molar-refractivity contribution is 0.333. The number of ether oxygens (including phenoxy) is 1. The quantitative estimate of drug-likeness (QED) is 0.142. The van der Waals surface area contributed by atoms with E-state index in [-0.39, 0.29) is 45.5 Å². The van der Waals surface area contributed by atoms with Gasteiger partial charge in [0.25, 0.3) is 11.4 Å². The Labute approximate surface area is 483 Å². The van der Waals surface area contributed by atoms with Gasteiger partial charge in [0.15, 0.2) is 0 Å². The van der Waals surface area contributed by atoms with Crippen molar-refractivity contribution >= 4 is 50.6 Å². The molecule has 0 saturated carbocycles. The fraction of sp³-hybridized carbons (Fsp3) is 0.280. The number of aryl methyl sites for hydroxylation is 1. The largest absolute Gasteiger partial charge is 0.503 e. The number of rotatable bonds is 8. The maximum absolute atomic E-state index is 9.44. The first-order chi connectivity index (χ1) is 40.4. The average molecular weight is 1060 g/mol. The molecule has 400 valence electrons. The molecule has 0 saturated heterocycles. The summed E-state index contributed by atoms with van der Waals surface area (Å²) in [6.45, 7) is 25.8. The molecule has 0 radical (unpaired) electrons. The zero-order valence-corrected chi connectivity index (χ0v) is 48.7. The normalized spacial score (nSPS) is 16.2. The molecule has 1 aliphatic carbocycles. The number of benzene rings is 8. The highest BCUT2D eigenvalue weighted by atomic mass is 16.5. The van der Waals surface area contributed by atoms with E-state index in [4.69, 9.17) is 15.2 Å². The van der Waals surface area contributed by atoms with Crippen LogP contribution >= 0.6 is 0 Å². The number of hydrogen-bond donors (Lipinski definition) is 0. The standard InChI is InChI=1S/C75H76N4O/c1-48-40-68(76-46-62(48)61-30-21-31-63-69(61)75(13,14)39-38-74(63,11)12)79-66-43-53(73(8,9)10)34-36-59(66)60-37-35-56(45-67(60)79)80-55-27-19-26-54(44-55)77-47-78(65-33-16-15-32-64(65)77)70-57(49-22-17-24-51(41-49)71(2,3)4)28-20-29-58(70)50-23-18-25-52(42-50)72(5,6)7/h15-37,40-46H,38-39H2,1-14H3/q+2/i1D3,21D,30D,31D. The molecular weight excluding hydrogens is 973 g/mol. The van der Waals surface area contributed by atoms with E-state index in [0.29, 0.717) is 28.4 Å². The third-order valence-electron chi connectivity index (χ3n) is 16.8. The van der Waals surface area contributed by atoms with Crippen LogP contribution in [0.25, 0.3) is 61.0 Å². The minimum atomic E-state index is -2.64. The number of aromatic nitrogens is 2. The van der Waals surface area contributed by atoms with Gasteiger partial charge in [-0.05, 0) is 148 Å². The van der Waals surface area contributed by atoms with Crippen molar-refractivity contribution in [1.29, 1.82) is 0 Å². The summed E-state index contributed by atoms with van der Waals surface area (Å²) in [5.74, 6) is 1.57. The van der Waals surface area contributed by atoms with Gasteiger partial charge in [0.05, 0.1) is 32.3 Å². The summed E-state index contributed by atoms with van der Waals surface area (Å²) in [6.07, 6.45) is 3.15. The van der Waals surface area contributed by atoms with Crippen molar-refractivity contribution in [1.82, 2.24) is 18.7 Å². The third-order valence-corrected chi connectivity index (χ3v) is 16.8. The van der Waals surface area contributed by atoms with E-state index in [2.05, 4.69) is 226 Å². The number of para-hydroxylation sites is 3. The van der Waals surface area contributed by atoms with Crippen molar-refractivity contribution in [3.8, 4) is 50.7 Å². The Bertz CT molecular complexity index is 4440. The van der Waals surface area contributed by atoms with Crippen molar-refractivity contribution in [3.63, 3.8) is 0 Å². The summed E-state index contributed by atoms with van der Waals surface area (Å²) < 4.78 is 68.3. The van der Waals surface area contributed by atoms with Crippen molar-refractivity contribution in [2.24, 2.45) is 0 Å². The van der Waals surface area contributed by atoms with E-state index >= 15 is 0 Å². The van der Waals surface area contributed by atoms with Gasteiger partial charge in [-0.25, -0.2) is 4.98 Å². The van der Waals surface area contributed by atoms with Crippen LogP contribution in [0, 0.1) is 6.85 Å². The Morgan fingerprint density at radius 3 is 1.77 bits per heavy atom. The van der Waals surface area contributed by atoms with Crippen molar-refractivity contribution < 1.29 is 13.0 Å². The first-order valence-corrected chi connectivity index (χ1v) is 28.2. The highest BCUT2D eigenvalue weighted by molar-refractivity contribution is 6.10. The van der Waals surface area contributed by atoms with E-state index in [1.165, 1.54) is 11.1 Å². The topological polar surface area (TPSA) is 33.1 Å². The van der Waals surface area contributed by atoms with Gasteiger partial charge in [0, 0.05) is 50.9 Å². The summed E-state index contributed by atoms with van der Waals surface area (Å²) in [4.78, 5) is 5.14. The lowest BCUT2D eigenvalue weighted by Crippen LogP contribution is -2.34. The summed E-state index contributed by atoms with van der Waals surface area (Å²) in [6, 6.07) is 58.6. The molecule has 1 aliphatic heterocycles. The molecule has 0 atom stereocenters. The predicted molar refractivity (Wildman–Crippen MR) is 338 cm³/mol. The van der Waals surface area contributed by atoms with E-state index in [1.54, 1.807) is 12.3 Å². The van der Waals surface area contributed by atoms with Gasteiger partial charge in [-0.1, -0.05) is 193 Å². The van der Waals surface area contributed by atoms with Crippen LogP contribution in [-0.4, -0.2) is 15.6 Å². The van der Waals surface area contributed by atoms with Gasteiger partial charge in [0.1, 0.15) is 17.3 Å². The Hall–Kier alpha value is -8.11. The summed E-state index contributed by atoms with van der Waals surface area (Å²) in [7, 11) is 0. The van der Waals surface area contributed by atoms with Crippen LogP contribution in [0.3, 0.4) is 0 Å². The SMILES string of the molecule is [2H]c1c([2H])c(-c2cnc(-n3c4cc(Oc5cccc([N+]6=C=[N+](c7c(-c8cccc(C(C)(C)C)c8)cccc7-c7cccc(C(C)(C)C)c7)c7ccccc76)c5)ccc4c4ccc(C(C)(C)C)cc43)cc2C([2H])([2H])[2H])c2c(c1[2H])C(C)(C)CCC2(C)C. The monoisotopic (exact) mass is 1050 g/mol. The molecule has 80 heavy (non-hydrogen) atoms. The van der Waals surface area contributed by atoms with Crippen molar-refractivity contribution in [2.45, 2.75) is 137 Å². The van der Waals surface area contributed by atoms with E-state index in [1.807, 2.05) is 34.9 Å². The summed E-state index contributed by atoms with van der Waals surface area (Å²) >= 11 is 0. The Morgan fingerprint density at radius 2 is 1.12 bits per heavy atom. The minimum absolute atomic E-state index is 0.0283. The fourth-order valence-corrected chi connectivity index (χ4v) is 12.0. The molecule has 2 aromatic heterocycles. The lowest BCUT2D eigenvalue weighted by atomic mass is 9.61. The average Bonchev–Trinajstić information content (AvgIpc) is 0.827. The van der Waals surface area contributed by atoms with E-state index in [9.17, 15) is 2.74 Å². The van der Waals surface area contributed by atoms with Gasteiger partial charge in [0.2, 0.25) is 11.4 Å². The zero-order chi connectivity index (χ0) is 61.4. The Morgan fingerprint density at radius 1 is 0.550 bits per heavy atom. The number of nitrogens with zero attached hydrogens (tertiary/aromatic N) is 4. The zero-order valence-electron chi connectivity index (χ0n) is 54.7. The second-order valence-corrected chi connectivity index (χ2v) is 26.6. The third kappa shape index (κ3) is 9.30. The molecule has 2 aliphatic rings. The first kappa shape index (κ1) is 45.7. The number of hydrogen-bond acceptors (Lipinski definition) is 2. The molecular formula is C75H76N4O+2. The Kier molecular flexibility index (Phi) is 10.9. The molecule has 10 aromatic rings. The van der Waals surface area contributed by atoms with Gasteiger partial charge in [-0.3, -0.25) is 4.57 Å². The summed E-state index contributed by atoms with van der Waals surface area (Å²) in [5.41, 5.74) is 14.4. The second kappa shape index (κ2) is 19.0. The second-order valence-electron chi connectivity index (χ2n) is 26.6. The van der Waals surface area contributed by atoms with Crippen molar-refractivity contribution in [3.05, 3.63) is 215 Å². The van der Waals surface area contributed by atoms with Gasteiger partial charge < -0.3 is 4.74 Å². The molecule has 0 amide bonds. The number of fused-ring (bicyclic) bond motifs is 5. The highest BCUT2D eigenvalue weighted by Crippen LogP contribution is 2.51. The van der Waals surface area contributed by atoms with Gasteiger partial charge in [-0.2, -0.15) is 0 Å². The van der Waals surface area contributed by atoms with Gasteiger partial charge >= 0.3 is 6.01 Å². The van der Waals surface area contributed by atoms with Crippen LogP contribution < -0.4 is 13.9 Å². The maximum atomic E-state index is 9.44. The predicted octanol–water partition coefficient (Wildman–Crippen LogP) is 20.4. The number of pyridine rings is 1. The molecule has 5 nitrogen and oxygen atoms in total. The maximum Gasteiger partial charge on any atom is 0.503 e. The minimum Gasteiger partial charge on any atom is -0.457 e. The Balaban J connectivity index is 1.01. The summed E-state index contributed by atoms with van der Waals surface area (Å²) in [5, 5.41) is 1.91. The van der Waals surface area contributed by atoms with Crippen LogP contribution in [0.15, 0.2) is 182 Å². The molecule has 12 rings (SSSR count). The molecule has 5 heteroatoms. The molecule has 0 fully saturated rings. The fourth-order valence-electron chi connectivity index (χ4n) is 12.0. The van der Waals surface area contributed by atoms with Crippen LogP contribution in [0.1, 0.15) is 144 Å². The highest BCUT2D eigenvalue weighted by Gasteiger charge is 2.41. The molecule has 3 heterocycles. The van der Waals surface area contributed by atoms with Gasteiger partial charge in [-0.15, -0.1) is 0 Å². The van der Waals surface area contributed by atoms with E-state index in [0.717, 1.165) is 90.8 Å². The van der Waals surface area contributed by atoms with E-state index < -0.39 is 17.7 Å². The molecule has 0 spiro atoms. The molecule has 0 bridgehead atoms. The van der Waals surface area contributed by atoms with Crippen LogP contribution in [0.5, 0.6) is 11.5 Å². The first-order valence-electron chi connectivity index (χ1n) is 31.2. The van der Waals surface area contributed by atoms with Crippen LogP contribution in [0.2, 0.25) is 0 Å². The molecule has 0 N–H and O–H groups in total.